The van der Waals surface area contributed by atoms with Gasteiger partial charge in [0, 0.05) is 63.5 Å². The van der Waals surface area contributed by atoms with Gasteiger partial charge in [-0.15, -0.1) is 0 Å². The monoisotopic (exact) mass is 696 g/mol. The molecule has 1 saturated heterocycles. The zero-order valence-electron chi connectivity index (χ0n) is 27.7. The van der Waals surface area contributed by atoms with Gasteiger partial charge in [-0.1, -0.05) is 24.3 Å². The van der Waals surface area contributed by atoms with Crippen molar-refractivity contribution in [1.29, 1.82) is 0 Å². The summed E-state index contributed by atoms with van der Waals surface area (Å²) >= 11 is 5.27. The lowest BCUT2D eigenvalue weighted by atomic mass is 9.87. The van der Waals surface area contributed by atoms with E-state index in [0.29, 0.717) is 36.3 Å². The van der Waals surface area contributed by atoms with E-state index < -0.39 is 11.6 Å². The first-order valence-electron chi connectivity index (χ1n) is 16.9. The molecule has 12 heteroatoms. The topological polar surface area (TPSA) is 82.3 Å². The van der Waals surface area contributed by atoms with Crippen molar-refractivity contribution in [2.24, 2.45) is 5.73 Å². The van der Waals surface area contributed by atoms with Gasteiger partial charge < -0.3 is 25.5 Å². The maximum Gasteiger partial charge on any atom is 0.317 e. The molecule has 0 saturated carbocycles. The predicted octanol–water partition coefficient (Wildman–Crippen LogP) is 7.24. The first-order chi connectivity index (χ1) is 23.7. The Morgan fingerprint density at radius 1 is 0.959 bits per heavy atom. The Kier molecular flexibility index (Phi) is 12.7. The summed E-state index contributed by atoms with van der Waals surface area (Å²) in [7, 11) is 0. The van der Waals surface area contributed by atoms with Crippen LogP contribution in [0.25, 0.3) is 0 Å². The van der Waals surface area contributed by atoms with Gasteiger partial charge >= 0.3 is 6.03 Å². The molecular formula is C37H44F4N6OS. The van der Waals surface area contributed by atoms with Gasteiger partial charge in [-0.05, 0) is 110 Å². The van der Waals surface area contributed by atoms with Crippen LogP contribution < -0.4 is 11.1 Å². The number of piperazine rings is 1. The van der Waals surface area contributed by atoms with Crippen molar-refractivity contribution in [2.45, 2.75) is 57.5 Å². The standard InChI is InChI=1S/C23H29F2N3O.C14H15F2N3S/c1-2-26-23(29)28-16-14-27(15-17-28)13-3-4-22(18-5-9-20(24)10-6-18)19-7-11-21(25)12-8-19;15-9-3-8-4-10(1-2-12(8)13(16)5-9)19-11(6-17)7-18-14(19)20/h5-12,22H,2-4,13-17H2,1H3,(H,26,29);3,5,7,10H,1-2,4,6,17H2,(H,18,20)/t;10-/m.0/s1. The Morgan fingerprint density at radius 2 is 1.59 bits per heavy atom. The summed E-state index contributed by atoms with van der Waals surface area (Å²) in [6, 6.07) is 15.7. The van der Waals surface area contributed by atoms with Crippen molar-refractivity contribution in [3.63, 3.8) is 0 Å². The molecule has 4 aromatic rings. The zero-order chi connectivity index (χ0) is 34.9. The number of amides is 2. The van der Waals surface area contributed by atoms with E-state index in [0.717, 1.165) is 80.4 Å². The molecule has 2 amide bonds. The van der Waals surface area contributed by atoms with E-state index in [1.54, 1.807) is 6.20 Å². The fourth-order valence-corrected chi connectivity index (χ4v) is 7.18. The highest BCUT2D eigenvalue weighted by atomic mass is 32.1. The number of urea groups is 1. The summed E-state index contributed by atoms with van der Waals surface area (Å²) < 4.78 is 56.4. The molecule has 3 aromatic carbocycles. The number of H-pyrrole nitrogens is 1. The molecule has 0 radical (unpaired) electrons. The summed E-state index contributed by atoms with van der Waals surface area (Å²) in [5, 5.41) is 2.85. The van der Waals surface area contributed by atoms with Crippen LogP contribution in [0.15, 0.2) is 66.9 Å². The lowest BCUT2D eigenvalue weighted by molar-refractivity contribution is 0.138. The van der Waals surface area contributed by atoms with Gasteiger partial charge in [-0.2, -0.15) is 0 Å². The number of halogens is 4. The minimum atomic E-state index is -0.529. The maximum absolute atomic E-state index is 13.7. The van der Waals surface area contributed by atoms with Crippen LogP contribution in [0, 0.1) is 28.0 Å². The zero-order valence-corrected chi connectivity index (χ0v) is 28.6. The van der Waals surface area contributed by atoms with Gasteiger partial charge in [-0.3, -0.25) is 4.90 Å². The molecule has 0 bridgehead atoms. The lowest BCUT2D eigenvalue weighted by Crippen LogP contribution is -2.51. The Bertz CT molecular complexity index is 1690. The molecule has 1 aromatic heterocycles. The van der Waals surface area contributed by atoms with Gasteiger partial charge in [0.15, 0.2) is 4.77 Å². The van der Waals surface area contributed by atoms with E-state index >= 15 is 0 Å². The summed E-state index contributed by atoms with van der Waals surface area (Å²) in [5.74, 6) is -1.38. The maximum atomic E-state index is 13.7. The highest BCUT2D eigenvalue weighted by Crippen LogP contribution is 2.33. The molecule has 1 atom stereocenters. The molecule has 6 rings (SSSR count). The van der Waals surface area contributed by atoms with Crippen LogP contribution in [-0.4, -0.2) is 64.7 Å². The second kappa shape index (κ2) is 17.1. The number of rotatable bonds is 9. The molecular weight excluding hydrogens is 653 g/mol. The number of nitrogens with zero attached hydrogens (tertiary/aromatic N) is 3. The SMILES string of the molecule is CCNC(=O)N1CCN(CCCC(c2ccc(F)cc2)c2ccc(F)cc2)CC1.NCc1c[nH]c(=S)n1[C@H]1CCc2c(F)cc(F)cc2C1. The van der Waals surface area contributed by atoms with Crippen LogP contribution in [0.5, 0.6) is 0 Å². The highest BCUT2D eigenvalue weighted by molar-refractivity contribution is 7.71. The Balaban J connectivity index is 0.000000204. The van der Waals surface area contributed by atoms with Crippen LogP contribution in [-0.2, 0) is 19.4 Å². The van der Waals surface area contributed by atoms with E-state index in [1.165, 1.54) is 30.3 Å². The second-order valence-corrected chi connectivity index (χ2v) is 12.9. The molecule has 2 heterocycles. The Hall–Kier alpha value is -4.00. The Morgan fingerprint density at radius 3 is 2.18 bits per heavy atom. The van der Waals surface area contributed by atoms with E-state index in [2.05, 4.69) is 15.2 Å². The summed E-state index contributed by atoms with van der Waals surface area (Å²) in [5.41, 5.74) is 10.1. The van der Waals surface area contributed by atoms with Crippen LogP contribution in [0.3, 0.4) is 0 Å². The number of nitrogens with one attached hydrogen (secondary N) is 2. The fourth-order valence-electron chi connectivity index (χ4n) is 6.85. The predicted molar refractivity (Wildman–Crippen MR) is 186 cm³/mol. The van der Waals surface area contributed by atoms with Crippen molar-refractivity contribution in [2.75, 3.05) is 39.3 Å². The smallest absolute Gasteiger partial charge is 0.317 e. The highest BCUT2D eigenvalue weighted by Gasteiger charge is 2.25. The molecule has 2 aliphatic rings. The van der Waals surface area contributed by atoms with Crippen LogP contribution in [0.2, 0.25) is 0 Å². The van der Waals surface area contributed by atoms with E-state index in [-0.39, 0.29) is 29.6 Å². The van der Waals surface area contributed by atoms with Gasteiger partial charge in [0.2, 0.25) is 0 Å². The largest absolute Gasteiger partial charge is 0.338 e. The minimum Gasteiger partial charge on any atom is -0.338 e. The van der Waals surface area contributed by atoms with Crippen molar-refractivity contribution >= 4 is 18.2 Å². The van der Waals surface area contributed by atoms with Crippen molar-refractivity contribution in [3.8, 4) is 0 Å². The molecule has 262 valence electrons. The van der Waals surface area contributed by atoms with Gasteiger partial charge in [0.1, 0.15) is 23.3 Å². The number of aromatic nitrogens is 2. The van der Waals surface area contributed by atoms with Gasteiger partial charge in [0.25, 0.3) is 0 Å². The first kappa shape index (κ1) is 36.3. The molecule has 4 N–H and O–H groups in total. The van der Waals surface area contributed by atoms with E-state index in [9.17, 15) is 22.4 Å². The van der Waals surface area contributed by atoms with Gasteiger partial charge in [0.05, 0.1) is 5.69 Å². The quantitative estimate of drug-likeness (QED) is 0.127. The number of hydrogen-bond acceptors (Lipinski definition) is 4. The summed E-state index contributed by atoms with van der Waals surface area (Å²) in [6.45, 7) is 7.12. The molecule has 1 aliphatic carbocycles. The molecule has 1 aliphatic heterocycles. The van der Waals surface area contributed by atoms with Crippen molar-refractivity contribution in [3.05, 3.63) is 123 Å². The number of nitrogens with two attached hydrogens (primary N) is 1. The summed E-state index contributed by atoms with van der Waals surface area (Å²) in [6.07, 6.45) is 5.60. The molecule has 0 unspecified atom stereocenters. The second-order valence-electron chi connectivity index (χ2n) is 12.5. The molecule has 1 fully saturated rings. The number of imidazole rings is 1. The first-order valence-corrected chi connectivity index (χ1v) is 17.3. The number of aromatic amines is 1. The third-order valence-electron chi connectivity index (χ3n) is 9.40. The number of carbonyl (C=O) groups excluding carboxylic acids is 1. The average Bonchev–Trinajstić information content (AvgIpc) is 3.48. The molecule has 7 nitrogen and oxygen atoms in total. The van der Waals surface area contributed by atoms with Crippen molar-refractivity contribution in [1.82, 2.24) is 24.7 Å². The molecule has 49 heavy (non-hydrogen) atoms. The fraction of sp³-hybridized carbons (Fsp3) is 0.405. The summed E-state index contributed by atoms with van der Waals surface area (Å²) in [4.78, 5) is 19.1. The van der Waals surface area contributed by atoms with Gasteiger partial charge in [-0.25, -0.2) is 22.4 Å². The number of carbonyl (C=O) groups is 1. The lowest BCUT2D eigenvalue weighted by Gasteiger charge is -2.34. The van der Waals surface area contributed by atoms with Crippen molar-refractivity contribution < 1.29 is 22.4 Å². The number of fused-ring (bicyclic) bond motifs is 1. The van der Waals surface area contributed by atoms with Crippen LogP contribution in [0.4, 0.5) is 22.4 Å². The normalized spacial score (nSPS) is 16.2. The van der Waals surface area contributed by atoms with E-state index in [1.807, 2.05) is 40.7 Å². The van der Waals surface area contributed by atoms with Crippen LogP contribution in [0.1, 0.15) is 66.1 Å². The van der Waals surface area contributed by atoms with E-state index in [4.69, 9.17) is 18.0 Å². The number of benzene rings is 3. The third kappa shape index (κ3) is 9.37. The minimum absolute atomic E-state index is 0.0137. The Labute approximate surface area is 290 Å². The average molecular weight is 697 g/mol. The third-order valence-corrected chi connectivity index (χ3v) is 9.71. The number of hydrogen-bond donors (Lipinski definition) is 3. The van der Waals surface area contributed by atoms with Crippen LogP contribution >= 0.6 is 12.2 Å². The molecule has 0 spiro atoms.